The molecule has 2 unspecified atom stereocenters. The highest BCUT2D eigenvalue weighted by Gasteiger charge is 2.40. The van der Waals surface area contributed by atoms with Gasteiger partial charge in [-0.3, -0.25) is 20.1 Å². The van der Waals surface area contributed by atoms with Crippen molar-refractivity contribution in [3.8, 4) is 0 Å². The third kappa shape index (κ3) is 4.94. The van der Waals surface area contributed by atoms with Crippen molar-refractivity contribution in [2.75, 3.05) is 0 Å². The number of thioether (sulfide) groups is 1. The van der Waals surface area contributed by atoms with Crippen molar-refractivity contribution in [2.45, 2.75) is 10.5 Å². The molecule has 0 saturated heterocycles. The van der Waals surface area contributed by atoms with Crippen molar-refractivity contribution in [3.63, 3.8) is 0 Å². The van der Waals surface area contributed by atoms with Crippen LogP contribution in [0.15, 0.2) is 30.3 Å². The van der Waals surface area contributed by atoms with Crippen molar-refractivity contribution >= 4 is 26.8 Å². The maximum Gasteiger partial charge on any atom is 0.288 e. The van der Waals surface area contributed by atoms with E-state index in [1.165, 1.54) is 0 Å². The number of benzene rings is 1. The van der Waals surface area contributed by atoms with E-state index in [4.69, 9.17) is 11.0 Å². The molecule has 1 aromatic rings. The molecule has 0 bridgehead atoms. The van der Waals surface area contributed by atoms with Gasteiger partial charge in [0.2, 0.25) is 0 Å². The molecule has 6 N–H and O–H groups in total. The van der Waals surface area contributed by atoms with E-state index in [1.54, 1.807) is 24.3 Å². The van der Waals surface area contributed by atoms with Crippen molar-refractivity contribution < 1.29 is 18.9 Å². The Balaban J connectivity index is 2.77. The predicted octanol–water partition coefficient (Wildman–Crippen LogP) is 1.49. The zero-order chi connectivity index (χ0) is 13.1. The second kappa shape index (κ2) is 5.67. The Morgan fingerprint density at radius 1 is 1.12 bits per heavy atom. The summed E-state index contributed by atoms with van der Waals surface area (Å²) in [5, 5.41) is 0. The summed E-state index contributed by atoms with van der Waals surface area (Å²) in [5.74, 6) is 0.287. The van der Waals surface area contributed by atoms with Gasteiger partial charge in [0.15, 0.2) is 4.73 Å². The largest absolute Gasteiger partial charge is 0.332 e. The van der Waals surface area contributed by atoms with Crippen LogP contribution < -0.4 is 11.0 Å². The van der Waals surface area contributed by atoms with Crippen LogP contribution >= 0.6 is 26.8 Å². The molecule has 0 aliphatic heterocycles. The Bertz CT molecular complexity index is 436. The average molecular weight is 296 g/mol. The zero-order valence-electron chi connectivity index (χ0n) is 8.84. The lowest BCUT2D eigenvalue weighted by Crippen LogP contribution is -2.15. The minimum Gasteiger partial charge on any atom is -0.332 e. The smallest absolute Gasteiger partial charge is 0.288 e. The van der Waals surface area contributed by atoms with Crippen molar-refractivity contribution in [2.24, 2.45) is 11.0 Å². The monoisotopic (exact) mass is 296 g/mol. The maximum absolute atomic E-state index is 11.3. The van der Waals surface area contributed by atoms with Gasteiger partial charge in [-0.25, -0.2) is 0 Å². The fourth-order valence-electron chi connectivity index (χ4n) is 1.20. The minimum atomic E-state index is -4.21. The van der Waals surface area contributed by atoms with Gasteiger partial charge in [-0.1, -0.05) is 30.3 Å². The maximum atomic E-state index is 11.3. The molecule has 0 fully saturated rings. The van der Waals surface area contributed by atoms with Gasteiger partial charge in [0.25, 0.3) is 15.0 Å². The highest BCUT2D eigenvalue weighted by molar-refractivity contribution is 8.12. The molecular formula is C8H14N2O4P2S. The number of rotatable bonds is 5. The molecule has 0 radical (unpaired) electrons. The van der Waals surface area contributed by atoms with Crippen LogP contribution in [0.5, 0.6) is 0 Å². The van der Waals surface area contributed by atoms with Crippen LogP contribution in [0, 0.1) is 0 Å². The standard InChI is InChI=1S/C8H14N2O4P2S/c9-15(11,12)8(16(10,13)14)17-6-7-4-2-1-3-5-7/h1-5,8H,6H2,(H3,9,11,12)(H3,10,13,14). The molecule has 96 valence electrons. The van der Waals surface area contributed by atoms with E-state index in [0.717, 1.165) is 17.3 Å². The number of hydrogen-bond donors (Lipinski definition) is 4. The first-order chi connectivity index (χ1) is 7.71. The SMILES string of the molecule is NP(=O)(O)C(SCc1ccccc1)P(N)(=O)O. The normalized spacial score (nSPS) is 20.2. The first-order valence-electron chi connectivity index (χ1n) is 4.59. The van der Waals surface area contributed by atoms with Crippen LogP contribution in [0.1, 0.15) is 5.56 Å². The zero-order valence-corrected chi connectivity index (χ0v) is 11.4. The summed E-state index contributed by atoms with van der Waals surface area (Å²) in [6.45, 7) is 0. The highest BCUT2D eigenvalue weighted by atomic mass is 32.2. The quantitative estimate of drug-likeness (QED) is 0.606. The summed E-state index contributed by atoms with van der Waals surface area (Å²) in [4.78, 5) is 18.4. The molecule has 0 aromatic heterocycles. The van der Waals surface area contributed by atoms with Crippen molar-refractivity contribution in [3.05, 3.63) is 35.9 Å². The van der Waals surface area contributed by atoms with Gasteiger partial charge in [0.05, 0.1) is 0 Å². The molecule has 0 amide bonds. The summed E-state index contributed by atoms with van der Waals surface area (Å²) in [6, 6.07) is 9.01. The lowest BCUT2D eigenvalue weighted by Gasteiger charge is -2.20. The van der Waals surface area contributed by atoms with Gasteiger partial charge < -0.3 is 9.79 Å². The van der Waals surface area contributed by atoms with Gasteiger partial charge in [-0.15, -0.1) is 11.8 Å². The minimum absolute atomic E-state index is 0.287. The molecule has 0 spiro atoms. The molecule has 0 aliphatic rings. The first-order valence-corrected chi connectivity index (χ1v) is 9.23. The second-order valence-electron chi connectivity index (χ2n) is 3.47. The van der Waals surface area contributed by atoms with Crippen LogP contribution in [0.4, 0.5) is 0 Å². The molecule has 0 heterocycles. The lowest BCUT2D eigenvalue weighted by atomic mass is 10.2. The van der Waals surface area contributed by atoms with Crippen LogP contribution in [0.25, 0.3) is 0 Å². The Morgan fingerprint density at radius 2 is 1.59 bits per heavy atom. The van der Waals surface area contributed by atoms with Crippen LogP contribution in [-0.4, -0.2) is 14.5 Å². The summed E-state index contributed by atoms with van der Waals surface area (Å²) in [7, 11) is -8.42. The molecule has 0 aliphatic carbocycles. The van der Waals surface area contributed by atoms with E-state index in [9.17, 15) is 18.9 Å². The summed E-state index contributed by atoms with van der Waals surface area (Å²) >= 11 is 0.812. The highest BCUT2D eigenvalue weighted by Crippen LogP contribution is 2.61. The van der Waals surface area contributed by atoms with Gasteiger partial charge in [0.1, 0.15) is 0 Å². The Hall–Kier alpha value is -0.130. The van der Waals surface area contributed by atoms with Gasteiger partial charge in [-0.05, 0) is 5.56 Å². The third-order valence-electron chi connectivity index (χ3n) is 1.87. The summed E-state index contributed by atoms with van der Waals surface area (Å²) < 4.78 is 21.0. The summed E-state index contributed by atoms with van der Waals surface area (Å²) in [6.07, 6.45) is 0. The van der Waals surface area contributed by atoms with E-state index >= 15 is 0 Å². The van der Waals surface area contributed by atoms with Gasteiger partial charge in [0, 0.05) is 5.75 Å². The molecule has 9 heteroatoms. The van der Waals surface area contributed by atoms with E-state index in [1.807, 2.05) is 6.07 Å². The molecule has 1 rings (SSSR count). The molecule has 1 aromatic carbocycles. The number of hydrogen-bond acceptors (Lipinski definition) is 3. The fraction of sp³-hybridized carbons (Fsp3) is 0.250. The third-order valence-corrected chi connectivity index (χ3v) is 8.63. The topological polar surface area (TPSA) is 127 Å². The first kappa shape index (κ1) is 14.9. The molecular weight excluding hydrogens is 282 g/mol. The Labute approximate surface area is 103 Å². The fourth-order valence-corrected chi connectivity index (χ4v) is 5.78. The Morgan fingerprint density at radius 3 is 2.00 bits per heavy atom. The molecule has 0 saturated carbocycles. The van der Waals surface area contributed by atoms with Crippen LogP contribution in [-0.2, 0) is 14.9 Å². The van der Waals surface area contributed by atoms with Gasteiger partial charge >= 0.3 is 0 Å². The second-order valence-corrected chi connectivity index (χ2v) is 9.39. The molecule has 2 atom stereocenters. The predicted molar refractivity (Wildman–Crippen MR) is 69.6 cm³/mol. The molecule has 17 heavy (non-hydrogen) atoms. The number of nitrogens with two attached hydrogens (primary N) is 2. The van der Waals surface area contributed by atoms with E-state index < -0.39 is 19.8 Å². The lowest BCUT2D eigenvalue weighted by molar-refractivity contribution is 0.464. The van der Waals surface area contributed by atoms with Crippen LogP contribution in [0.2, 0.25) is 0 Å². The van der Waals surface area contributed by atoms with Gasteiger partial charge in [-0.2, -0.15) is 0 Å². The van der Waals surface area contributed by atoms with Crippen LogP contribution in [0.3, 0.4) is 0 Å². The molecule has 6 nitrogen and oxygen atoms in total. The van der Waals surface area contributed by atoms with E-state index in [2.05, 4.69) is 0 Å². The van der Waals surface area contributed by atoms with Crippen molar-refractivity contribution in [1.82, 2.24) is 0 Å². The Kier molecular flexibility index (Phi) is 4.98. The van der Waals surface area contributed by atoms with Crippen molar-refractivity contribution in [1.29, 1.82) is 0 Å². The summed E-state index contributed by atoms with van der Waals surface area (Å²) in [5.41, 5.74) is 10.9. The van der Waals surface area contributed by atoms with E-state index in [-0.39, 0.29) is 5.75 Å². The average Bonchev–Trinajstić information content (AvgIpc) is 2.15. The van der Waals surface area contributed by atoms with E-state index in [0.29, 0.717) is 0 Å².